The maximum Gasteiger partial charge on any atom is 0.314 e. The highest BCUT2D eigenvalue weighted by Gasteiger charge is 2.01. The van der Waals surface area contributed by atoms with Crippen LogP contribution in [0.4, 0.5) is 4.79 Å². The molecule has 0 saturated heterocycles. The third-order valence-corrected chi connectivity index (χ3v) is 2.69. The van der Waals surface area contributed by atoms with E-state index in [2.05, 4.69) is 10.6 Å². The first-order valence-electron chi connectivity index (χ1n) is 6.48. The fraction of sp³-hybridized carbons (Fsp3) is 0.429. The standard InChI is InChI=1S/C14H20N2O4/c1-20-12-6-2-4-11(10-12)5-3-8-15-14(19)16-9-7-13(17)18/h2,4,6,10H,3,5,7-9H2,1H3,(H,17,18)(H2,15,16,19). The van der Waals surface area contributed by atoms with E-state index in [1.165, 1.54) is 0 Å². The molecule has 1 aromatic rings. The first-order valence-corrected chi connectivity index (χ1v) is 6.48. The molecule has 0 aromatic heterocycles. The summed E-state index contributed by atoms with van der Waals surface area (Å²) in [6, 6.07) is 7.46. The minimum absolute atomic E-state index is 0.0722. The van der Waals surface area contributed by atoms with Gasteiger partial charge in [-0.15, -0.1) is 0 Å². The number of methoxy groups -OCH3 is 1. The Morgan fingerprint density at radius 2 is 2.00 bits per heavy atom. The van der Waals surface area contributed by atoms with Gasteiger partial charge in [0.2, 0.25) is 0 Å². The molecule has 1 rings (SSSR count). The van der Waals surface area contributed by atoms with Gasteiger partial charge in [0.25, 0.3) is 0 Å². The molecule has 0 radical (unpaired) electrons. The first-order chi connectivity index (χ1) is 9.61. The largest absolute Gasteiger partial charge is 0.497 e. The minimum atomic E-state index is -0.927. The van der Waals surface area contributed by atoms with Gasteiger partial charge in [-0.3, -0.25) is 4.79 Å². The Hall–Kier alpha value is -2.24. The lowest BCUT2D eigenvalue weighted by molar-refractivity contribution is -0.136. The smallest absolute Gasteiger partial charge is 0.314 e. The van der Waals surface area contributed by atoms with Gasteiger partial charge < -0.3 is 20.5 Å². The van der Waals surface area contributed by atoms with Crippen LogP contribution < -0.4 is 15.4 Å². The normalized spacial score (nSPS) is 9.85. The van der Waals surface area contributed by atoms with Gasteiger partial charge in [-0.05, 0) is 30.5 Å². The molecule has 0 unspecified atom stereocenters. The number of rotatable bonds is 8. The highest BCUT2D eigenvalue weighted by atomic mass is 16.5. The Balaban J connectivity index is 2.14. The monoisotopic (exact) mass is 280 g/mol. The predicted molar refractivity (Wildman–Crippen MR) is 75.0 cm³/mol. The average molecular weight is 280 g/mol. The number of urea groups is 1. The molecule has 2 amide bonds. The quantitative estimate of drug-likeness (QED) is 0.628. The van der Waals surface area contributed by atoms with E-state index in [4.69, 9.17) is 9.84 Å². The number of ether oxygens (including phenoxy) is 1. The van der Waals surface area contributed by atoms with Crippen LogP contribution in [0, 0.1) is 0 Å². The molecule has 3 N–H and O–H groups in total. The third-order valence-electron chi connectivity index (χ3n) is 2.69. The number of hydrogen-bond donors (Lipinski definition) is 3. The lowest BCUT2D eigenvalue weighted by Gasteiger charge is -2.07. The summed E-state index contributed by atoms with van der Waals surface area (Å²) in [7, 11) is 1.63. The second-order valence-electron chi connectivity index (χ2n) is 4.28. The minimum Gasteiger partial charge on any atom is -0.497 e. The Bertz CT molecular complexity index is 449. The number of carbonyl (C=O) groups is 2. The van der Waals surface area contributed by atoms with Crippen molar-refractivity contribution in [1.29, 1.82) is 0 Å². The van der Waals surface area contributed by atoms with E-state index in [0.29, 0.717) is 6.54 Å². The average Bonchev–Trinajstić information content (AvgIpc) is 2.43. The van der Waals surface area contributed by atoms with Gasteiger partial charge in [0.05, 0.1) is 13.5 Å². The van der Waals surface area contributed by atoms with E-state index in [-0.39, 0.29) is 19.0 Å². The molecule has 6 nitrogen and oxygen atoms in total. The molecule has 0 spiro atoms. The molecule has 0 atom stereocenters. The van der Waals surface area contributed by atoms with Crippen molar-refractivity contribution in [3.8, 4) is 5.75 Å². The summed E-state index contributed by atoms with van der Waals surface area (Å²) in [5, 5.41) is 13.6. The van der Waals surface area contributed by atoms with Gasteiger partial charge in [0, 0.05) is 13.1 Å². The third kappa shape index (κ3) is 6.63. The lowest BCUT2D eigenvalue weighted by Crippen LogP contribution is -2.37. The number of carboxylic acids is 1. The topological polar surface area (TPSA) is 87.7 Å². The van der Waals surface area contributed by atoms with Crippen LogP contribution in [0.5, 0.6) is 5.75 Å². The molecule has 20 heavy (non-hydrogen) atoms. The van der Waals surface area contributed by atoms with Crippen LogP contribution in [0.25, 0.3) is 0 Å². The molecule has 0 aliphatic rings. The number of aliphatic carboxylic acids is 1. The van der Waals surface area contributed by atoms with Gasteiger partial charge in [-0.2, -0.15) is 0 Å². The van der Waals surface area contributed by atoms with Crippen molar-refractivity contribution in [2.24, 2.45) is 0 Å². The zero-order valence-electron chi connectivity index (χ0n) is 11.5. The molecular formula is C14H20N2O4. The second kappa shape index (κ2) is 8.79. The van der Waals surface area contributed by atoms with Gasteiger partial charge in [-0.1, -0.05) is 12.1 Å². The molecule has 1 aromatic carbocycles. The molecule has 0 bridgehead atoms. The van der Waals surface area contributed by atoms with E-state index >= 15 is 0 Å². The number of aryl methyl sites for hydroxylation is 1. The van der Waals surface area contributed by atoms with Gasteiger partial charge >= 0.3 is 12.0 Å². The highest BCUT2D eigenvalue weighted by molar-refractivity contribution is 5.74. The number of nitrogens with one attached hydrogen (secondary N) is 2. The fourth-order valence-electron chi connectivity index (χ4n) is 1.67. The summed E-state index contributed by atoms with van der Waals surface area (Å²) in [5.74, 6) is -0.106. The summed E-state index contributed by atoms with van der Waals surface area (Å²) < 4.78 is 5.14. The molecular weight excluding hydrogens is 260 g/mol. The van der Waals surface area contributed by atoms with E-state index < -0.39 is 5.97 Å². The number of carbonyl (C=O) groups excluding carboxylic acids is 1. The van der Waals surface area contributed by atoms with Gasteiger partial charge in [0.15, 0.2) is 0 Å². The van der Waals surface area contributed by atoms with Crippen molar-refractivity contribution in [2.45, 2.75) is 19.3 Å². The van der Waals surface area contributed by atoms with Crippen LogP contribution in [0.1, 0.15) is 18.4 Å². The SMILES string of the molecule is COc1cccc(CCCNC(=O)NCCC(=O)O)c1. The number of benzene rings is 1. The zero-order valence-corrected chi connectivity index (χ0v) is 11.5. The van der Waals surface area contributed by atoms with Crippen molar-refractivity contribution >= 4 is 12.0 Å². The number of amides is 2. The van der Waals surface area contributed by atoms with Gasteiger partial charge in [0.1, 0.15) is 5.75 Å². The first kappa shape index (κ1) is 15.8. The van der Waals surface area contributed by atoms with Gasteiger partial charge in [-0.25, -0.2) is 4.79 Å². The van der Waals surface area contributed by atoms with E-state index in [0.717, 1.165) is 24.2 Å². The summed E-state index contributed by atoms with van der Waals surface area (Å²) in [6.45, 7) is 0.674. The Kier molecular flexibility index (Phi) is 6.95. The van der Waals surface area contributed by atoms with Crippen LogP contribution in [0.15, 0.2) is 24.3 Å². The van der Waals surface area contributed by atoms with Crippen LogP contribution in [-0.4, -0.2) is 37.3 Å². The molecule has 0 aliphatic carbocycles. The van der Waals surface area contributed by atoms with Crippen LogP contribution in [0.3, 0.4) is 0 Å². The zero-order chi connectivity index (χ0) is 14.8. The van der Waals surface area contributed by atoms with Crippen molar-refractivity contribution < 1.29 is 19.4 Å². The summed E-state index contributed by atoms with van der Waals surface area (Å²) in [5.41, 5.74) is 1.15. The summed E-state index contributed by atoms with van der Waals surface area (Å²) in [4.78, 5) is 21.6. The van der Waals surface area contributed by atoms with E-state index in [9.17, 15) is 9.59 Å². The molecule has 0 saturated carbocycles. The van der Waals surface area contributed by atoms with Crippen molar-refractivity contribution in [1.82, 2.24) is 10.6 Å². The van der Waals surface area contributed by atoms with Crippen molar-refractivity contribution in [3.05, 3.63) is 29.8 Å². The second-order valence-corrected chi connectivity index (χ2v) is 4.28. The van der Waals surface area contributed by atoms with Crippen molar-refractivity contribution in [2.75, 3.05) is 20.2 Å². The van der Waals surface area contributed by atoms with E-state index in [1.54, 1.807) is 7.11 Å². The Morgan fingerprint density at radius 3 is 2.70 bits per heavy atom. The number of carboxylic acid groups (broad SMARTS) is 1. The van der Waals surface area contributed by atoms with Crippen LogP contribution in [-0.2, 0) is 11.2 Å². The summed E-state index contributed by atoms with van der Waals surface area (Å²) >= 11 is 0. The molecule has 0 aliphatic heterocycles. The maximum absolute atomic E-state index is 11.3. The lowest BCUT2D eigenvalue weighted by atomic mass is 10.1. The molecule has 0 heterocycles. The molecule has 6 heteroatoms. The fourth-order valence-corrected chi connectivity index (χ4v) is 1.67. The van der Waals surface area contributed by atoms with E-state index in [1.807, 2.05) is 24.3 Å². The Morgan fingerprint density at radius 1 is 1.25 bits per heavy atom. The molecule has 110 valence electrons. The van der Waals surface area contributed by atoms with Crippen molar-refractivity contribution in [3.63, 3.8) is 0 Å². The van der Waals surface area contributed by atoms with Crippen LogP contribution in [0.2, 0.25) is 0 Å². The Labute approximate surface area is 118 Å². The molecule has 0 fully saturated rings. The predicted octanol–water partition coefficient (Wildman–Crippen LogP) is 1.40. The van der Waals surface area contributed by atoms with Crippen LogP contribution >= 0.6 is 0 Å². The highest BCUT2D eigenvalue weighted by Crippen LogP contribution is 2.13. The summed E-state index contributed by atoms with van der Waals surface area (Å²) in [6.07, 6.45) is 1.57. The maximum atomic E-state index is 11.3. The number of hydrogen-bond acceptors (Lipinski definition) is 3.